The Labute approximate surface area is 147 Å². The third-order valence-electron chi connectivity index (χ3n) is 4.69. The number of hydrogen-bond donors (Lipinski definition) is 1. The molecular formula is C19H24N2O4. The van der Waals surface area contributed by atoms with Gasteiger partial charge in [0.25, 0.3) is 5.91 Å². The molecule has 0 bridgehead atoms. The van der Waals surface area contributed by atoms with Crippen LogP contribution in [-0.2, 0) is 14.3 Å². The maximum Gasteiger partial charge on any atom is 0.255 e. The zero-order chi connectivity index (χ0) is 17.6. The van der Waals surface area contributed by atoms with Crippen LogP contribution in [0.4, 0.5) is 0 Å². The predicted molar refractivity (Wildman–Crippen MR) is 93.9 cm³/mol. The van der Waals surface area contributed by atoms with Gasteiger partial charge in [0, 0.05) is 12.6 Å². The summed E-state index contributed by atoms with van der Waals surface area (Å²) in [6.07, 6.45) is 8.03. The summed E-state index contributed by atoms with van der Waals surface area (Å²) in [6.45, 7) is 1.13. The van der Waals surface area contributed by atoms with E-state index in [1.54, 1.807) is 24.3 Å². The first-order valence-corrected chi connectivity index (χ1v) is 8.75. The summed E-state index contributed by atoms with van der Waals surface area (Å²) in [5.74, 6) is 0.0934. The van der Waals surface area contributed by atoms with Crippen LogP contribution in [0, 0.1) is 0 Å². The predicted octanol–water partition coefficient (Wildman–Crippen LogP) is 1.73. The molecule has 1 aliphatic carbocycles. The minimum Gasteiger partial charge on any atom is -0.484 e. The normalized spacial score (nSPS) is 23.3. The standard InChI is InChI=1S/C19H24N2O4/c20-18(22)13-25-15-8-5-14(6-9-15)7-10-19(23)21-11-12-24-17-4-2-1-3-16(17)21/h5-10,16-17H,1-4,11-13H2,(H2,20,22)/b10-7-/t16-,17-/m1/s1. The van der Waals surface area contributed by atoms with Gasteiger partial charge in [-0.3, -0.25) is 9.59 Å². The first-order valence-electron chi connectivity index (χ1n) is 8.75. The van der Waals surface area contributed by atoms with E-state index in [9.17, 15) is 9.59 Å². The van der Waals surface area contributed by atoms with Crippen molar-refractivity contribution in [2.75, 3.05) is 19.8 Å². The van der Waals surface area contributed by atoms with E-state index in [4.69, 9.17) is 15.2 Å². The van der Waals surface area contributed by atoms with E-state index in [-0.39, 0.29) is 24.7 Å². The molecular weight excluding hydrogens is 320 g/mol. The number of nitrogens with two attached hydrogens (primary N) is 1. The zero-order valence-corrected chi connectivity index (χ0v) is 14.2. The molecule has 25 heavy (non-hydrogen) atoms. The Hall–Kier alpha value is -2.34. The zero-order valence-electron chi connectivity index (χ0n) is 14.2. The molecule has 0 aromatic heterocycles. The van der Waals surface area contributed by atoms with E-state index in [2.05, 4.69) is 0 Å². The van der Waals surface area contributed by atoms with Gasteiger partial charge in [0.2, 0.25) is 5.91 Å². The maximum absolute atomic E-state index is 12.6. The second-order valence-corrected chi connectivity index (χ2v) is 6.45. The third kappa shape index (κ3) is 4.60. The molecule has 134 valence electrons. The minimum absolute atomic E-state index is 0.0363. The first-order chi connectivity index (χ1) is 12.1. The van der Waals surface area contributed by atoms with Gasteiger partial charge >= 0.3 is 0 Å². The lowest BCUT2D eigenvalue weighted by atomic mass is 9.90. The SMILES string of the molecule is NC(=O)COc1ccc(/C=C\C(=O)N2CCO[C@@H]3CCCC[C@H]32)cc1. The Morgan fingerprint density at radius 3 is 2.76 bits per heavy atom. The summed E-state index contributed by atoms with van der Waals surface area (Å²) in [5.41, 5.74) is 5.94. The number of rotatable bonds is 5. The highest BCUT2D eigenvalue weighted by Crippen LogP contribution is 2.28. The van der Waals surface area contributed by atoms with Gasteiger partial charge in [0.15, 0.2) is 6.61 Å². The van der Waals surface area contributed by atoms with Gasteiger partial charge < -0.3 is 20.1 Å². The van der Waals surface area contributed by atoms with E-state index in [1.807, 2.05) is 17.0 Å². The molecule has 2 amide bonds. The van der Waals surface area contributed by atoms with Crippen LogP contribution in [0.15, 0.2) is 30.3 Å². The molecule has 0 spiro atoms. The van der Waals surface area contributed by atoms with Crippen molar-refractivity contribution in [1.82, 2.24) is 4.90 Å². The number of ether oxygens (including phenoxy) is 2. The van der Waals surface area contributed by atoms with Gasteiger partial charge in [0.1, 0.15) is 5.75 Å². The van der Waals surface area contributed by atoms with E-state index < -0.39 is 5.91 Å². The molecule has 0 unspecified atom stereocenters. The van der Waals surface area contributed by atoms with Crippen LogP contribution in [0.25, 0.3) is 6.08 Å². The number of morpholine rings is 1. The lowest BCUT2D eigenvalue weighted by molar-refractivity contribution is -0.144. The average molecular weight is 344 g/mol. The van der Waals surface area contributed by atoms with E-state index in [0.29, 0.717) is 18.9 Å². The molecule has 1 saturated carbocycles. The highest BCUT2D eigenvalue weighted by Gasteiger charge is 2.35. The molecule has 6 heteroatoms. The van der Waals surface area contributed by atoms with Crippen molar-refractivity contribution in [2.45, 2.75) is 37.8 Å². The molecule has 0 radical (unpaired) electrons. The molecule has 2 atom stereocenters. The number of carbonyl (C=O) groups excluding carboxylic acids is 2. The smallest absolute Gasteiger partial charge is 0.255 e. The van der Waals surface area contributed by atoms with Crippen LogP contribution in [0.5, 0.6) is 5.75 Å². The van der Waals surface area contributed by atoms with Gasteiger partial charge in [0.05, 0.1) is 18.8 Å². The topological polar surface area (TPSA) is 81.9 Å². The van der Waals surface area contributed by atoms with Crippen LogP contribution < -0.4 is 10.5 Å². The van der Waals surface area contributed by atoms with Crippen molar-refractivity contribution in [3.8, 4) is 5.75 Å². The Kier molecular flexibility index (Phi) is 5.71. The lowest BCUT2D eigenvalue weighted by Crippen LogP contribution is -2.54. The number of benzene rings is 1. The van der Waals surface area contributed by atoms with Crippen molar-refractivity contribution in [1.29, 1.82) is 0 Å². The summed E-state index contributed by atoms with van der Waals surface area (Å²) in [7, 11) is 0. The largest absolute Gasteiger partial charge is 0.484 e. The van der Waals surface area contributed by atoms with Crippen LogP contribution in [0.1, 0.15) is 31.2 Å². The van der Waals surface area contributed by atoms with Crippen LogP contribution in [-0.4, -0.2) is 48.6 Å². The minimum atomic E-state index is -0.513. The quantitative estimate of drug-likeness (QED) is 0.825. The van der Waals surface area contributed by atoms with Gasteiger partial charge in [-0.25, -0.2) is 0 Å². The van der Waals surface area contributed by atoms with E-state index >= 15 is 0 Å². The highest BCUT2D eigenvalue weighted by atomic mass is 16.5. The van der Waals surface area contributed by atoms with E-state index in [0.717, 1.165) is 24.8 Å². The number of hydrogen-bond acceptors (Lipinski definition) is 4. The number of primary amides is 1. The van der Waals surface area contributed by atoms with Crippen LogP contribution in [0.3, 0.4) is 0 Å². The van der Waals surface area contributed by atoms with Crippen molar-refractivity contribution in [3.05, 3.63) is 35.9 Å². The molecule has 1 aromatic carbocycles. The fraction of sp³-hybridized carbons (Fsp3) is 0.474. The Bertz CT molecular complexity index is 639. The van der Waals surface area contributed by atoms with Crippen LogP contribution in [0.2, 0.25) is 0 Å². The van der Waals surface area contributed by atoms with Gasteiger partial charge in [-0.15, -0.1) is 0 Å². The summed E-state index contributed by atoms with van der Waals surface area (Å²) < 4.78 is 11.0. The van der Waals surface area contributed by atoms with Crippen LogP contribution >= 0.6 is 0 Å². The molecule has 2 aliphatic rings. The summed E-state index contributed by atoms with van der Waals surface area (Å²) >= 11 is 0. The number of amides is 2. The van der Waals surface area contributed by atoms with Crippen molar-refractivity contribution in [2.24, 2.45) is 5.73 Å². The molecule has 1 aliphatic heterocycles. The monoisotopic (exact) mass is 344 g/mol. The second-order valence-electron chi connectivity index (χ2n) is 6.45. The highest BCUT2D eigenvalue weighted by molar-refractivity contribution is 5.92. The average Bonchev–Trinajstić information content (AvgIpc) is 2.64. The first kappa shape index (κ1) is 17.5. The summed E-state index contributed by atoms with van der Waals surface area (Å²) in [6, 6.07) is 7.38. The number of carbonyl (C=O) groups is 2. The molecule has 1 aromatic rings. The molecule has 2 fully saturated rings. The Morgan fingerprint density at radius 1 is 1.24 bits per heavy atom. The number of nitrogens with zero attached hydrogens (tertiary/aromatic N) is 1. The molecule has 1 heterocycles. The Balaban J connectivity index is 1.59. The Morgan fingerprint density at radius 2 is 2.00 bits per heavy atom. The van der Waals surface area contributed by atoms with Gasteiger partial charge in [-0.05, 0) is 36.6 Å². The van der Waals surface area contributed by atoms with Crippen molar-refractivity contribution < 1.29 is 19.1 Å². The molecule has 6 nitrogen and oxygen atoms in total. The van der Waals surface area contributed by atoms with Crippen molar-refractivity contribution >= 4 is 17.9 Å². The molecule has 2 N–H and O–H groups in total. The third-order valence-corrected chi connectivity index (χ3v) is 4.69. The lowest BCUT2D eigenvalue weighted by Gasteiger charge is -2.43. The summed E-state index contributed by atoms with van der Waals surface area (Å²) in [5, 5.41) is 0. The maximum atomic E-state index is 12.6. The fourth-order valence-electron chi connectivity index (χ4n) is 3.46. The van der Waals surface area contributed by atoms with Gasteiger partial charge in [-0.2, -0.15) is 0 Å². The summed E-state index contributed by atoms with van der Waals surface area (Å²) in [4.78, 5) is 25.2. The molecule has 1 saturated heterocycles. The van der Waals surface area contributed by atoms with Crippen molar-refractivity contribution in [3.63, 3.8) is 0 Å². The number of fused-ring (bicyclic) bond motifs is 1. The second kappa shape index (κ2) is 8.16. The van der Waals surface area contributed by atoms with E-state index in [1.165, 1.54) is 6.42 Å². The molecule has 3 rings (SSSR count). The fourth-order valence-corrected chi connectivity index (χ4v) is 3.46. The van der Waals surface area contributed by atoms with Gasteiger partial charge in [-0.1, -0.05) is 25.0 Å².